The molecular formula is C21H14F4N4O4S. The van der Waals surface area contributed by atoms with Gasteiger partial charge in [0.2, 0.25) is 9.84 Å². The lowest BCUT2D eigenvalue weighted by atomic mass is 10.2. The van der Waals surface area contributed by atoms with Crippen molar-refractivity contribution in [2.75, 3.05) is 0 Å². The number of amides is 1. The molecule has 4 aromatic rings. The van der Waals surface area contributed by atoms with Gasteiger partial charge in [0.25, 0.3) is 5.91 Å². The van der Waals surface area contributed by atoms with Crippen molar-refractivity contribution in [3.05, 3.63) is 77.9 Å². The van der Waals surface area contributed by atoms with E-state index < -0.39 is 38.6 Å². The number of carbonyl (C=O) groups excluding carboxylic acids is 1. The van der Waals surface area contributed by atoms with E-state index in [1.807, 2.05) is 0 Å². The van der Waals surface area contributed by atoms with Gasteiger partial charge < -0.3 is 10.1 Å². The molecule has 13 heteroatoms. The summed E-state index contributed by atoms with van der Waals surface area (Å²) in [5, 5.41) is 9.84. The molecule has 0 radical (unpaired) electrons. The quantitative estimate of drug-likeness (QED) is 0.395. The van der Waals surface area contributed by atoms with Crippen LogP contribution in [-0.4, -0.2) is 35.9 Å². The number of pyridine rings is 1. The highest BCUT2D eigenvalue weighted by Crippen LogP contribution is 2.29. The number of nitrogens with zero attached hydrogens (tertiary/aromatic N) is 2. The summed E-state index contributed by atoms with van der Waals surface area (Å²) in [7, 11) is -4.21. The van der Waals surface area contributed by atoms with Crippen molar-refractivity contribution in [1.29, 1.82) is 0 Å². The smallest absolute Gasteiger partial charge is 0.403 e. The molecule has 0 aliphatic heterocycles. The van der Waals surface area contributed by atoms with E-state index in [0.717, 1.165) is 6.07 Å². The standard InChI is InChI=1S/C21H14F4N4O4S/c22-17-8-16(5-6-18(17)33-21(23,24)25)34(31,32)15-3-1-12(2-4-15)9-27-20(30)14-7-13-11-28-29-19(13)26-10-14/h1-8,10-11H,9H2,(H,27,30)(H,26,28,29). The second-order valence-electron chi connectivity index (χ2n) is 7.00. The maximum atomic E-state index is 13.9. The number of aromatic nitrogens is 3. The van der Waals surface area contributed by atoms with Crippen LogP contribution >= 0.6 is 0 Å². The van der Waals surface area contributed by atoms with Gasteiger partial charge in [0.05, 0.1) is 21.6 Å². The van der Waals surface area contributed by atoms with Crippen LogP contribution in [0.25, 0.3) is 11.0 Å². The predicted molar refractivity (Wildman–Crippen MR) is 110 cm³/mol. The summed E-state index contributed by atoms with van der Waals surface area (Å²) in [6, 6.07) is 8.86. The van der Waals surface area contributed by atoms with Gasteiger partial charge in [-0.05, 0) is 42.0 Å². The van der Waals surface area contributed by atoms with E-state index in [0.29, 0.717) is 34.3 Å². The molecule has 0 spiro atoms. The number of alkyl halides is 3. The van der Waals surface area contributed by atoms with Gasteiger partial charge in [0, 0.05) is 18.1 Å². The van der Waals surface area contributed by atoms with E-state index in [2.05, 4.69) is 25.2 Å². The minimum absolute atomic E-state index is 0.0840. The number of H-pyrrole nitrogens is 1. The molecule has 4 rings (SSSR count). The fraction of sp³-hybridized carbons (Fsp3) is 0.0952. The molecule has 0 aliphatic carbocycles. The fourth-order valence-electron chi connectivity index (χ4n) is 3.02. The molecule has 0 atom stereocenters. The second kappa shape index (κ2) is 8.74. The zero-order valence-corrected chi connectivity index (χ0v) is 17.7. The van der Waals surface area contributed by atoms with E-state index in [-0.39, 0.29) is 11.4 Å². The highest BCUT2D eigenvalue weighted by molar-refractivity contribution is 7.91. The Morgan fingerprint density at radius 3 is 2.41 bits per heavy atom. The Balaban J connectivity index is 1.45. The molecule has 0 saturated carbocycles. The van der Waals surface area contributed by atoms with Crippen molar-refractivity contribution < 1.29 is 35.5 Å². The van der Waals surface area contributed by atoms with Crippen LogP contribution in [0, 0.1) is 5.82 Å². The Hall–Kier alpha value is -4.00. The highest BCUT2D eigenvalue weighted by Gasteiger charge is 2.33. The van der Waals surface area contributed by atoms with Gasteiger partial charge in [0.15, 0.2) is 17.2 Å². The Labute approximate surface area is 189 Å². The molecule has 2 aromatic heterocycles. The second-order valence-corrected chi connectivity index (χ2v) is 8.95. The maximum absolute atomic E-state index is 13.9. The van der Waals surface area contributed by atoms with Crippen molar-refractivity contribution in [1.82, 2.24) is 20.5 Å². The summed E-state index contributed by atoms with van der Waals surface area (Å²) in [6.07, 6.45) is -2.20. The molecule has 2 aromatic carbocycles. The van der Waals surface area contributed by atoms with Gasteiger partial charge in [-0.2, -0.15) is 5.10 Å². The molecule has 2 heterocycles. The molecule has 1 amide bonds. The lowest BCUT2D eigenvalue weighted by Gasteiger charge is -2.11. The van der Waals surface area contributed by atoms with E-state index in [1.165, 1.54) is 36.7 Å². The molecule has 0 saturated heterocycles. The zero-order chi connectivity index (χ0) is 24.5. The third-order valence-electron chi connectivity index (χ3n) is 4.68. The molecule has 34 heavy (non-hydrogen) atoms. The van der Waals surface area contributed by atoms with Crippen LogP contribution in [0.2, 0.25) is 0 Å². The van der Waals surface area contributed by atoms with E-state index in [1.54, 1.807) is 6.07 Å². The van der Waals surface area contributed by atoms with Crippen LogP contribution < -0.4 is 10.1 Å². The zero-order valence-electron chi connectivity index (χ0n) is 16.9. The molecule has 176 valence electrons. The van der Waals surface area contributed by atoms with Crippen molar-refractivity contribution in [3.63, 3.8) is 0 Å². The fourth-order valence-corrected chi connectivity index (χ4v) is 4.30. The number of nitrogens with one attached hydrogen (secondary N) is 2. The first-order valence-electron chi connectivity index (χ1n) is 9.49. The number of hydrogen-bond donors (Lipinski definition) is 2. The van der Waals surface area contributed by atoms with Gasteiger partial charge >= 0.3 is 6.36 Å². The number of rotatable bonds is 6. The first-order chi connectivity index (χ1) is 16.0. The average molecular weight is 494 g/mol. The summed E-state index contributed by atoms with van der Waals surface area (Å²) in [5.41, 5.74) is 1.42. The largest absolute Gasteiger partial charge is 0.573 e. The normalized spacial score (nSPS) is 12.0. The summed E-state index contributed by atoms with van der Waals surface area (Å²) in [4.78, 5) is 15.7. The predicted octanol–water partition coefficient (Wildman–Crippen LogP) is 3.76. The number of benzene rings is 2. The Bertz CT molecular complexity index is 1470. The summed E-state index contributed by atoms with van der Waals surface area (Å²) in [6.45, 7) is 0.0840. The van der Waals surface area contributed by atoms with Gasteiger partial charge in [-0.15, -0.1) is 13.2 Å². The lowest BCUT2D eigenvalue weighted by Crippen LogP contribution is -2.22. The molecule has 0 fully saturated rings. The monoisotopic (exact) mass is 494 g/mol. The summed E-state index contributed by atoms with van der Waals surface area (Å²) < 4.78 is 79.7. The number of fused-ring (bicyclic) bond motifs is 1. The van der Waals surface area contributed by atoms with Gasteiger partial charge in [-0.3, -0.25) is 9.89 Å². The first kappa shape index (κ1) is 23.2. The van der Waals surface area contributed by atoms with Crippen LogP contribution in [0.5, 0.6) is 5.75 Å². The van der Waals surface area contributed by atoms with E-state index >= 15 is 0 Å². The molecule has 0 unspecified atom stereocenters. The minimum atomic E-state index is -5.12. The minimum Gasteiger partial charge on any atom is -0.403 e. The van der Waals surface area contributed by atoms with Crippen LogP contribution in [0.3, 0.4) is 0 Å². The van der Waals surface area contributed by atoms with E-state index in [4.69, 9.17) is 0 Å². The topological polar surface area (TPSA) is 114 Å². The molecule has 8 nitrogen and oxygen atoms in total. The Morgan fingerprint density at radius 1 is 1.03 bits per heavy atom. The van der Waals surface area contributed by atoms with Crippen molar-refractivity contribution in [3.8, 4) is 5.75 Å². The molecular weight excluding hydrogens is 480 g/mol. The molecule has 0 bridgehead atoms. The third kappa shape index (κ3) is 4.98. The summed E-state index contributed by atoms with van der Waals surface area (Å²) >= 11 is 0. The van der Waals surface area contributed by atoms with Gasteiger partial charge in [-0.1, -0.05) is 12.1 Å². The maximum Gasteiger partial charge on any atom is 0.573 e. The van der Waals surface area contributed by atoms with Gasteiger partial charge in [0.1, 0.15) is 0 Å². The van der Waals surface area contributed by atoms with Crippen LogP contribution in [-0.2, 0) is 16.4 Å². The number of carbonyl (C=O) groups is 1. The van der Waals surface area contributed by atoms with Crippen LogP contribution in [0.1, 0.15) is 15.9 Å². The lowest BCUT2D eigenvalue weighted by molar-refractivity contribution is -0.275. The molecule has 0 aliphatic rings. The van der Waals surface area contributed by atoms with Crippen molar-refractivity contribution in [2.45, 2.75) is 22.7 Å². The third-order valence-corrected chi connectivity index (χ3v) is 6.45. The average Bonchev–Trinajstić information content (AvgIpc) is 3.26. The highest BCUT2D eigenvalue weighted by atomic mass is 32.2. The number of halogens is 4. The van der Waals surface area contributed by atoms with Crippen LogP contribution in [0.15, 0.2) is 70.7 Å². The Kier molecular flexibility index (Phi) is 5.96. The summed E-state index contributed by atoms with van der Waals surface area (Å²) in [5.74, 6) is -3.01. The van der Waals surface area contributed by atoms with Gasteiger partial charge in [-0.25, -0.2) is 17.8 Å². The van der Waals surface area contributed by atoms with Crippen molar-refractivity contribution in [2.24, 2.45) is 0 Å². The Morgan fingerprint density at radius 2 is 1.74 bits per heavy atom. The number of ether oxygens (including phenoxy) is 1. The van der Waals surface area contributed by atoms with Crippen molar-refractivity contribution >= 4 is 26.8 Å². The van der Waals surface area contributed by atoms with Crippen LogP contribution in [0.4, 0.5) is 17.6 Å². The molecule has 2 N–H and O–H groups in total. The first-order valence-corrected chi connectivity index (χ1v) is 11.0. The SMILES string of the molecule is O=C(NCc1ccc(S(=O)(=O)c2ccc(OC(F)(F)F)c(F)c2)cc1)c1cnc2[nH]ncc2c1. The number of sulfone groups is 1. The number of hydrogen-bond acceptors (Lipinski definition) is 6. The van der Waals surface area contributed by atoms with E-state index in [9.17, 15) is 30.8 Å². The number of aromatic amines is 1.